The summed E-state index contributed by atoms with van der Waals surface area (Å²) in [5.41, 5.74) is 11.0. The van der Waals surface area contributed by atoms with Gasteiger partial charge in [0.15, 0.2) is 0 Å². The van der Waals surface area contributed by atoms with E-state index in [1.165, 1.54) is 7.11 Å². The Morgan fingerprint density at radius 1 is 1.05 bits per heavy atom. The molecular weight excluding hydrogens is 534 g/mol. The fourth-order valence-corrected chi connectivity index (χ4v) is 5.46. The van der Waals surface area contributed by atoms with Crippen LogP contribution < -0.4 is 20.5 Å². The van der Waals surface area contributed by atoms with E-state index in [2.05, 4.69) is 16.3 Å². The second kappa shape index (κ2) is 13.5. The van der Waals surface area contributed by atoms with Gasteiger partial charge in [0.25, 0.3) is 0 Å². The first-order valence-corrected chi connectivity index (χ1v) is 14.1. The Morgan fingerprint density at radius 2 is 1.83 bits per heavy atom. The summed E-state index contributed by atoms with van der Waals surface area (Å²) in [6.07, 6.45) is 1.67. The molecule has 2 atom stereocenters. The van der Waals surface area contributed by atoms with Gasteiger partial charge in [-0.05, 0) is 110 Å². The van der Waals surface area contributed by atoms with E-state index in [0.717, 1.165) is 53.0 Å². The van der Waals surface area contributed by atoms with Gasteiger partial charge < -0.3 is 25.3 Å². The van der Waals surface area contributed by atoms with Gasteiger partial charge in [-0.2, -0.15) is 0 Å². The van der Waals surface area contributed by atoms with Crippen LogP contribution in [0.25, 0.3) is 11.1 Å². The van der Waals surface area contributed by atoms with Gasteiger partial charge in [-0.1, -0.05) is 12.1 Å². The highest BCUT2D eigenvalue weighted by Gasteiger charge is 2.32. The molecule has 1 aliphatic rings. The van der Waals surface area contributed by atoms with Gasteiger partial charge in [0.1, 0.15) is 17.1 Å². The van der Waals surface area contributed by atoms with Gasteiger partial charge in [0, 0.05) is 12.1 Å². The van der Waals surface area contributed by atoms with Crippen LogP contribution in [0.3, 0.4) is 0 Å². The molecule has 0 aromatic heterocycles. The van der Waals surface area contributed by atoms with Crippen molar-refractivity contribution in [1.82, 2.24) is 10.2 Å². The summed E-state index contributed by atoms with van der Waals surface area (Å²) in [6, 6.07) is 16.1. The van der Waals surface area contributed by atoms with Crippen LogP contribution >= 0.6 is 0 Å². The maximum Gasteiger partial charge on any atom is 0.341 e. The number of nitrogens with zero attached hydrogens (tertiary/aromatic N) is 1. The van der Waals surface area contributed by atoms with Crippen molar-refractivity contribution < 1.29 is 28.6 Å². The largest absolute Gasteiger partial charge is 0.497 e. The highest BCUT2D eigenvalue weighted by molar-refractivity contribution is 5.94. The molecule has 0 spiro atoms. The second-order valence-electron chi connectivity index (χ2n) is 10.5. The van der Waals surface area contributed by atoms with E-state index in [4.69, 9.17) is 19.9 Å². The van der Waals surface area contributed by atoms with Crippen LogP contribution in [-0.2, 0) is 16.1 Å². The van der Waals surface area contributed by atoms with Gasteiger partial charge in [0.2, 0.25) is 11.8 Å². The number of benzene rings is 3. The van der Waals surface area contributed by atoms with Crippen molar-refractivity contribution in [2.45, 2.75) is 52.2 Å². The Hall–Kier alpha value is -4.37. The van der Waals surface area contributed by atoms with E-state index in [1.54, 1.807) is 38.3 Å². The summed E-state index contributed by atoms with van der Waals surface area (Å²) in [4.78, 5) is 39.5. The van der Waals surface area contributed by atoms with Crippen LogP contribution in [0, 0.1) is 6.92 Å². The number of ether oxygens (including phenoxy) is 3. The molecule has 1 fully saturated rings. The van der Waals surface area contributed by atoms with Crippen LogP contribution in [0.4, 0.5) is 0 Å². The number of methoxy groups -OCH3 is 2. The third-order valence-corrected chi connectivity index (χ3v) is 7.66. The zero-order valence-electron chi connectivity index (χ0n) is 24.9. The van der Waals surface area contributed by atoms with Crippen molar-refractivity contribution in [1.29, 1.82) is 0 Å². The molecule has 3 aromatic carbocycles. The molecule has 0 unspecified atom stereocenters. The number of hydrogen-bond acceptors (Lipinski definition) is 7. The standard InChI is InChI=1S/C33H39N3O6/c1-6-42-33(39)28-12-9-23(18-30(28)41-5)21(3)35-32(38)29-8-7-13-36(29)19-22-15-25(17-26(16-22)40-4)27-11-10-24(31(34)37)14-20(27)2/h9-12,14-18,21,29H,6-8,13,19H2,1-5H3,(H2,34,37)(H,35,38)/t21-,29+/m0/s1. The Kier molecular flexibility index (Phi) is 9.85. The first kappa shape index (κ1) is 30.6. The molecule has 0 bridgehead atoms. The minimum absolute atomic E-state index is 0.0468. The Labute approximate surface area is 246 Å². The number of nitrogens with two attached hydrogens (primary N) is 1. The lowest BCUT2D eigenvalue weighted by Gasteiger charge is -2.26. The maximum atomic E-state index is 13.5. The fraction of sp³-hybridized carbons (Fsp3) is 0.364. The normalized spacial score (nSPS) is 15.6. The fourth-order valence-electron chi connectivity index (χ4n) is 5.46. The van der Waals surface area contributed by atoms with Gasteiger partial charge in [-0.25, -0.2) is 4.79 Å². The van der Waals surface area contributed by atoms with Crippen molar-refractivity contribution in [3.05, 3.63) is 82.4 Å². The van der Waals surface area contributed by atoms with E-state index in [-0.39, 0.29) is 24.6 Å². The molecule has 3 N–H and O–H groups in total. The molecule has 2 amide bonds. The monoisotopic (exact) mass is 573 g/mol. The smallest absolute Gasteiger partial charge is 0.341 e. The van der Waals surface area contributed by atoms with Gasteiger partial charge in [-0.15, -0.1) is 0 Å². The lowest BCUT2D eigenvalue weighted by molar-refractivity contribution is -0.126. The molecule has 9 nitrogen and oxygen atoms in total. The van der Waals surface area contributed by atoms with Gasteiger partial charge >= 0.3 is 5.97 Å². The Bertz CT molecular complexity index is 1470. The van der Waals surface area contributed by atoms with Crippen LogP contribution in [0.5, 0.6) is 11.5 Å². The SMILES string of the molecule is CCOC(=O)c1ccc([C@H](C)NC(=O)[C@H]2CCCN2Cc2cc(OC)cc(-c3ccc(C(N)=O)cc3C)c2)cc1OC. The van der Waals surface area contributed by atoms with Crippen molar-refractivity contribution in [2.24, 2.45) is 5.73 Å². The lowest BCUT2D eigenvalue weighted by Crippen LogP contribution is -2.43. The predicted molar refractivity (Wildman–Crippen MR) is 161 cm³/mol. The Morgan fingerprint density at radius 3 is 2.50 bits per heavy atom. The van der Waals surface area contributed by atoms with Crippen molar-refractivity contribution in [3.8, 4) is 22.6 Å². The first-order chi connectivity index (χ1) is 20.1. The van der Waals surface area contributed by atoms with Crippen LogP contribution in [0.15, 0.2) is 54.6 Å². The molecule has 3 aromatic rings. The molecule has 222 valence electrons. The molecular formula is C33H39N3O6. The number of likely N-dealkylation sites (tertiary alicyclic amines) is 1. The van der Waals surface area contributed by atoms with E-state index >= 15 is 0 Å². The lowest BCUT2D eigenvalue weighted by atomic mass is 9.96. The maximum absolute atomic E-state index is 13.5. The summed E-state index contributed by atoms with van der Waals surface area (Å²) < 4.78 is 16.1. The summed E-state index contributed by atoms with van der Waals surface area (Å²) in [6.45, 7) is 7.26. The number of esters is 1. The second-order valence-corrected chi connectivity index (χ2v) is 10.5. The third-order valence-electron chi connectivity index (χ3n) is 7.66. The first-order valence-electron chi connectivity index (χ1n) is 14.1. The molecule has 1 saturated heterocycles. The minimum Gasteiger partial charge on any atom is -0.497 e. The van der Waals surface area contributed by atoms with Gasteiger partial charge in [0.05, 0.1) is 32.9 Å². The molecule has 1 heterocycles. The van der Waals surface area contributed by atoms with Crippen molar-refractivity contribution >= 4 is 17.8 Å². The molecule has 0 radical (unpaired) electrons. The molecule has 9 heteroatoms. The molecule has 0 saturated carbocycles. The third kappa shape index (κ3) is 6.91. The highest BCUT2D eigenvalue weighted by atomic mass is 16.5. The minimum atomic E-state index is -0.462. The topological polar surface area (TPSA) is 120 Å². The van der Waals surface area contributed by atoms with E-state index in [9.17, 15) is 14.4 Å². The molecule has 0 aliphatic carbocycles. The van der Waals surface area contributed by atoms with Crippen molar-refractivity contribution in [2.75, 3.05) is 27.4 Å². The molecule has 4 rings (SSSR count). The summed E-state index contributed by atoms with van der Waals surface area (Å²) in [5, 5.41) is 3.15. The van der Waals surface area contributed by atoms with E-state index in [0.29, 0.717) is 23.4 Å². The number of primary amides is 1. The summed E-state index contributed by atoms with van der Waals surface area (Å²) >= 11 is 0. The number of amides is 2. The number of rotatable bonds is 11. The summed E-state index contributed by atoms with van der Waals surface area (Å²) in [7, 11) is 3.14. The molecule has 42 heavy (non-hydrogen) atoms. The number of aryl methyl sites for hydroxylation is 1. The van der Waals surface area contributed by atoms with Crippen LogP contribution in [0.1, 0.15) is 70.1 Å². The average molecular weight is 574 g/mol. The number of nitrogens with one attached hydrogen (secondary N) is 1. The summed E-state index contributed by atoms with van der Waals surface area (Å²) in [5.74, 6) is 0.168. The van der Waals surface area contributed by atoms with Crippen molar-refractivity contribution in [3.63, 3.8) is 0 Å². The molecule has 1 aliphatic heterocycles. The highest BCUT2D eigenvalue weighted by Crippen LogP contribution is 2.31. The van der Waals surface area contributed by atoms with Gasteiger partial charge in [-0.3, -0.25) is 14.5 Å². The Balaban J connectivity index is 1.50. The predicted octanol–water partition coefficient (Wildman–Crippen LogP) is 4.80. The zero-order chi connectivity index (χ0) is 30.4. The van der Waals surface area contributed by atoms with Crippen LogP contribution in [-0.4, -0.2) is 56.1 Å². The quantitative estimate of drug-likeness (QED) is 0.316. The zero-order valence-corrected chi connectivity index (χ0v) is 24.9. The van der Waals surface area contributed by atoms with E-state index in [1.807, 2.05) is 38.1 Å². The van der Waals surface area contributed by atoms with Crippen LogP contribution in [0.2, 0.25) is 0 Å². The number of carbonyl (C=O) groups is 3. The number of carbonyl (C=O) groups excluding carboxylic acids is 3. The number of hydrogen-bond donors (Lipinski definition) is 2. The van der Waals surface area contributed by atoms with E-state index < -0.39 is 11.9 Å². The average Bonchev–Trinajstić information content (AvgIpc) is 3.44.